The first-order valence-corrected chi connectivity index (χ1v) is 6.63. The van der Waals surface area contributed by atoms with Crippen LogP contribution in [-0.2, 0) is 11.3 Å². The number of nitrogens with zero attached hydrogens (tertiary/aromatic N) is 2. The third-order valence-corrected chi connectivity index (χ3v) is 3.32. The van der Waals surface area contributed by atoms with Crippen LogP contribution in [0.2, 0.25) is 0 Å². The van der Waals surface area contributed by atoms with Gasteiger partial charge in [-0.1, -0.05) is 6.92 Å². The van der Waals surface area contributed by atoms with Crippen LogP contribution in [0.25, 0.3) is 0 Å². The van der Waals surface area contributed by atoms with Crippen LogP contribution in [0.4, 0.5) is 0 Å². The molecule has 1 fully saturated rings. The van der Waals surface area contributed by atoms with Crippen molar-refractivity contribution >= 4 is 11.6 Å². The van der Waals surface area contributed by atoms with Gasteiger partial charge in [-0.2, -0.15) is 5.10 Å². The molecule has 0 radical (unpaired) electrons. The molecule has 3 unspecified atom stereocenters. The van der Waals surface area contributed by atoms with Gasteiger partial charge in [-0.25, -0.2) is 0 Å². The predicted octanol–water partition coefficient (Wildman–Crippen LogP) is 2.46. The zero-order valence-corrected chi connectivity index (χ0v) is 11.1. The van der Waals surface area contributed by atoms with E-state index in [2.05, 4.69) is 12.0 Å². The highest BCUT2D eigenvalue weighted by Crippen LogP contribution is 2.32. The Bertz CT molecular complexity index is 356. The molecule has 2 rings (SSSR count). The highest BCUT2D eigenvalue weighted by Gasteiger charge is 2.42. The molecule has 1 aromatic rings. The van der Waals surface area contributed by atoms with Crippen LogP contribution in [-0.4, -0.2) is 34.0 Å². The molecule has 96 valence electrons. The molecule has 0 spiro atoms. The third kappa shape index (κ3) is 2.93. The molecule has 0 amide bonds. The molecule has 0 N–H and O–H groups in total. The van der Waals surface area contributed by atoms with Crippen molar-refractivity contribution < 1.29 is 9.47 Å². The maximum atomic E-state index is 6.08. The van der Waals surface area contributed by atoms with E-state index in [1.165, 1.54) is 0 Å². The second-order valence-corrected chi connectivity index (χ2v) is 4.83. The summed E-state index contributed by atoms with van der Waals surface area (Å²) < 4.78 is 13.3. The summed E-state index contributed by atoms with van der Waals surface area (Å²) in [5, 5.41) is 4.30. The van der Waals surface area contributed by atoms with Gasteiger partial charge in [-0.15, -0.1) is 11.6 Å². The highest BCUT2D eigenvalue weighted by molar-refractivity contribution is 6.21. The van der Waals surface area contributed by atoms with Gasteiger partial charge in [0, 0.05) is 19.6 Å². The zero-order chi connectivity index (χ0) is 12.3. The number of rotatable bonds is 6. The molecular weight excluding hydrogens is 240 g/mol. The van der Waals surface area contributed by atoms with Crippen molar-refractivity contribution in [2.45, 2.75) is 50.8 Å². The third-order valence-electron chi connectivity index (χ3n) is 2.89. The molecule has 0 aliphatic heterocycles. The van der Waals surface area contributed by atoms with E-state index in [0.717, 1.165) is 25.1 Å². The van der Waals surface area contributed by atoms with E-state index in [1.54, 1.807) is 6.20 Å². The molecule has 1 heterocycles. The number of halogens is 1. The van der Waals surface area contributed by atoms with Crippen molar-refractivity contribution in [1.82, 2.24) is 9.78 Å². The Morgan fingerprint density at radius 1 is 1.53 bits per heavy atom. The van der Waals surface area contributed by atoms with Gasteiger partial charge in [0.2, 0.25) is 0 Å². The summed E-state index contributed by atoms with van der Waals surface area (Å²) in [6.07, 6.45) is 5.66. The number of aryl methyl sites for hydroxylation is 1. The molecule has 1 aliphatic carbocycles. The van der Waals surface area contributed by atoms with Crippen molar-refractivity contribution in [3.05, 3.63) is 12.4 Å². The first kappa shape index (κ1) is 12.7. The standard InChI is InChI=1S/C12H19ClN2O2/c1-3-5-15-8-9(7-14-15)17-11-6-10(13)12(11)16-4-2/h7-8,10-12H,3-6H2,1-2H3. The molecule has 17 heavy (non-hydrogen) atoms. The van der Waals surface area contributed by atoms with Crippen LogP contribution in [0.3, 0.4) is 0 Å². The average molecular weight is 259 g/mol. The van der Waals surface area contributed by atoms with Gasteiger partial charge in [-0.05, 0) is 13.3 Å². The van der Waals surface area contributed by atoms with Crippen molar-refractivity contribution in [2.24, 2.45) is 0 Å². The number of aromatic nitrogens is 2. The summed E-state index contributed by atoms with van der Waals surface area (Å²) in [6.45, 7) is 5.68. The second-order valence-electron chi connectivity index (χ2n) is 4.27. The van der Waals surface area contributed by atoms with E-state index in [1.807, 2.05) is 17.8 Å². The fourth-order valence-electron chi connectivity index (χ4n) is 1.98. The van der Waals surface area contributed by atoms with E-state index in [-0.39, 0.29) is 17.6 Å². The summed E-state index contributed by atoms with van der Waals surface area (Å²) >= 11 is 6.08. The number of hydrogen-bond donors (Lipinski definition) is 0. The predicted molar refractivity (Wildman–Crippen MR) is 66.6 cm³/mol. The second kappa shape index (κ2) is 5.74. The van der Waals surface area contributed by atoms with Crippen LogP contribution < -0.4 is 4.74 Å². The van der Waals surface area contributed by atoms with E-state index < -0.39 is 0 Å². The maximum absolute atomic E-state index is 6.08. The van der Waals surface area contributed by atoms with Gasteiger partial charge in [0.05, 0.1) is 17.8 Å². The Morgan fingerprint density at radius 3 is 3.00 bits per heavy atom. The number of alkyl halides is 1. The molecule has 1 saturated carbocycles. The quantitative estimate of drug-likeness (QED) is 0.736. The summed E-state index contributed by atoms with van der Waals surface area (Å²) in [7, 11) is 0. The first-order chi connectivity index (χ1) is 8.24. The molecule has 0 bridgehead atoms. The minimum absolute atomic E-state index is 0.0104. The van der Waals surface area contributed by atoms with Crippen LogP contribution >= 0.6 is 11.6 Å². The lowest BCUT2D eigenvalue weighted by molar-refractivity contribution is -0.0759. The Kier molecular flexibility index (Phi) is 4.29. The normalized spacial score (nSPS) is 27.8. The van der Waals surface area contributed by atoms with Crippen LogP contribution in [0, 0.1) is 0 Å². The fourth-order valence-corrected chi connectivity index (χ4v) is 2.39. The molecule has 5 heteroatoms. The lowest BCUT2D eigenvalue weighted by Crippen LogP contribution is -2.52. The highest BCUT2D eigenvalue weighted by atomic mass is 35.5. The first-order valence-electron chi connectivity index (χ1n) is 6.19. The van der Waals surface area contributed by atoms with Crippen molar-refractivity contribution in [3.8, 4) is 5.75 Å². The van der Waals surface area contributed by atoms with Crippen LogP contribution in [0.1, 0.15) is 26.7 Å². The van der Waals surface area contributed by atoms with Gasteiger partial charge in [0.15, 0.2) is 5.75 Å². The Labute approximate surface area is 107 Å². The van der Waals surface area contributed by atoms with Crippen LogP contribution in [0.15, 0.2) is 12.4 Å². The van der Waals surface area contributed by atoms with E-state index in [0.29, 0.717) is 6.61 Å². The van der Waals surface area contributed by atoms with E-state index in [4.69, 9.17) is 21.1 Å². The molecule has 1 aromatic heterocycles. The molecule has 1 aliphatic rings. The lowest BCUT2D eigenvalue weighted by atomic mass is 9.91. The maximum Gasteiger partial charge on any atom is 0.157 e. The van der Waals surface area contributed by atoms with E-state index in [9.17, 15) is 0 Å². The van der Waals surface area contributed by atoms with Gasteiger partial charge < -0.3 is 9.47 Å². The largest absolute Gasteiger partial charge is 0.484 e. The molecular formula is C12H19ClN2O2. The summed E-state index contributed by atoms with van der Waals surface area (Å²) in [4.78, 5) is 0. The Morgan fingerprint density at radius 2 is 2.35 bits per heavy atom. The topological polar surface area (TPSA) is 36.3 Å². The van der Waals surface area contributed by atoms with Crippen molar-refractivity contribution in [1.29, 1.82) is 0 Å². The summed E-state index contributed by atoms with van der Waals surface area (Å²) in [6, 6.07) is 0. The molecule has 3 atom stereocenters. The fraction of sp³-hybridized carbons (Fsp3) is 0.750. The van der Waals surface area contributed by atoms with Gasteiger partial charge in [0.25, 0.3) is 0 Å². The number of ether oxygens (including phenoxy) is 2. The summed E-state index contributed by atoms with van der Waals surface area (Å²) in [5.41, 5.74) is 0. The van der Waals surface area contributed by atoms with Crippen molar-refractivity contribution in [3.63, 3.8) is 0 Å². The zero-order valence-electron chi connectivity index (χ0n) is 10.3. The SMILES string of the molecule is CCCn1cc(OC2CC(Cl)C2OCC)cn1. The smallest absolute Gasteiger partial charge is 0.157 e. The monoisotopic (exact) mass is 258 g/mol. The summed E-state index contributed by atoms with van der Waals surface area (Å²) in [5.74, 6) is 0.803. The Hall–Kier alpha value is -0.740. The number of hydrogen-bond acceptors (Lipinski definition) is 3. The Balaban J connectivity index is 1.87. The van der Waals surface area contributed by atoms with Gasteiger partial charge in [0.1, 0.15) is 12.2 Å². The molecule has 4 nitrogen and oxygen atoms in total. The lowest BCUT2D eigenvalue weighted by Gasteiger charge is -2.40. The van der Waals surface area contributed by atoms with Gasteiger partial charge in [-0.3, -0.25) is 4.68 Å². The van der Waals surface area contributed by atoms with Crippen molar-refractivity contribution in [2.75, 3.05) is 6.61 Å². The molecule has 0 aromatic carbocycles. The van der Waals surface area contributed by atoms with Gasteiger partial charge >= 0.3 is 0 Å². The van der Waals surface area contributed by atoms with E-state index >= 15 is 0 Å². The van der Waals surface area contributed by atoms with Crippen LogP contribution in [0.5, 0.6) is 5.75 Å². The average Bonchev–Trinajstić information content (AvgIpc) is 2.74. The minimum atomic E-state index is 0.0104. The molecule has 0 saturated heterocycles. The minimum Gasteiger partial charge on any atom is -0.484 e.